The summed E-state index contributed by atoms with van der Waals surface area (Å²) >= 11 is 0. The molecule has 0 spiro atoms. The van der Waals surface area contributed by atoms with E-state index >= 15 is 4.39 Å². The number of fused-ring (bicyclic) bond motifs is 1. The van der Waals surface area contributed by atoms with Crippen LogP contribution in [0.3, 0.4) is 0 Å². The predicted octanol–water partition coefficient (Wildman–Crippen LogP) is 2.67. The van der Waals surface area contributed by atoms with Crippen LogP contribution in [-0.2, 0) is 22.6 Å². The monoisotopic (exact) mass is 437 g/mol. The number of hydrogen-bond donors (Lipinski definition) is 2. The van der Waals surface area contributed by atoms with E-state index < -0.39 is 50.3 Å². The Bertz CT molecular complexity index is 1320. The molecule has 4 rings (SSSR count). The third kappa shape index (κ3) is 2.92. The van der Waals surface area contributed by atoms with Crippen LogP contribution in [0, 0.1) is 22.9 Å². The van der Waals surface area contributed by atoms with Crippen molar-refractivity contribution in [2.24, 2.45) is 7.05 Å². The Hall–Kier alpha value is -3.08. The SMILES string of the molecule is CN1C(=N)N[C@](C)(c2cc(F)c(F)c(-c3ccc4c(cnn4C)c3)c2F)CS1(=O)=O. The Kier molecular flexibility index (Phi) is 4.35. The number of benzene rings is 2. The number of sulfonamides is 1. The van der Waals surface area contributed by atoms with E-state index in [0.717, 1.165) is 5.52 Å². The summed E-state index contributed by atoms with van der Waals surface area (Å²) in [5.41, 5.74) is -1.86. The molecule has 0 bridgehead atoms. The first-order valence-electron chi connectivity index (χ1n) is 8.88. The van der Waals surface area contributed by atoms with E-state index in [1.165, 1.54) is 32.3 Å². The number of halogens is 3. The fourth-order valence-corrected chi connectivity index (χ4v) is 5.17. The first kappa shape index (κ1) is 20.2. The van der Waals surface area contributed by atoms with E-state index in [9.17, 15) is 17.2 Å². The van der Waals surface area contributed by atoms with Crippen molar-refractivity contribution in [3.05, 3.63) is 53.5 Å². The van der Waals surface area contributed by atoms with E-state index in [-0.39, 0.29) is 11.1 Å². The van der Waals surface area contributed by atoms with Gasteiger partial charge in [0, 0.05) is 25.0 Å². The molecule has 0 amide bonds. The van der Waals surface area contributed by atoms with Crippen LogP contribution >= 0.6 is 0 Å². The van der Waals surface area contributed by atoms with Gasteiger partial charge in [-0.1, -0.05) is 6.07 Å². The molecule has 30 heavy (non-hydrogen) atoms. The average molecular weight is 437 g/mol. The molecule has 1 fully saturated rings. The molecule has 1 saturated heterocycles. The molecule has 2 N–H and O–H groups in total. The summed E-state index contributed by atoms with van der Waals surface area (Å²) in [6, 6.07) is 5.17. The van der Waals surface area contributed by atoms with Gasteiger partial charge in [-0.2, -0.15) is 5.10 Å². The topological polar surface area (TPSA) is 91.1 Å². The molecular formula is C19H18F3N5O2S. The molecule has 1 aliphatic rings. The second-order valence-corrected chi connectivity index (χ2v) is 9.48. The van der Waals surface area contributed by atoms with Gasteiger partial charge in [-0.25, -0.2) is 25.9 Å². The van der Waals surface area contributed by atoms with Crippen LogP contribution in [0.25, 0.3) is 22.0 Å². The van der Waals surface area contributed by atoms with Crippen molar-refractivity contribution >= 4 is 26.9 Å². The molecule has 2 heterocycles. The maximum absolute atomic E-state index is 15.6. The van der Waals surface area contributed by atoms with E-state index in [4.69, 9.17) is 5.41 Å². The van der Waals surface area contributed by atoms with Crippen LogP contribution in [0.2, 0.25) is 0 Å². The molecule has 0 radical (unpaired) electrons. The number of aryl methyl sites for hydroxylation is 1. The van der Waals surface area contributed by atoms with Crippen LogP contribution < -0.4 is 5.32 Å². The third-order valence-corrected chi connectivity index (χ3v) is 7.34. The zero-order valence-corrected chi connectivity index (χ0v) is 17.1. The molecule has 7 nitrogen and oxygen atoms in total. The largest absolute Gasteiger partial charge is 0.345 e. The van der Waals surface area contributed by atoms with Crippen molar-refractivity contribution in [3.63, 3.8) is 0 Å². The molecule has 3 aromatic rings. The third-order valence-electron chi connectivity index (χ3n) is 5.38. The van der Waals surface area contributed by atoms with Crippen LogP contribution in [0.4, 0.5) is 13.2 Å². The van der Waals surface area contributed by atoms with Crippen molar-refractivity contribution in [1.29, 1.82) is 5.41 Å². The second kappa shape index (κ2) is 6.46. The van der Waals surface area contributed by atoms with Crippen LogP contribution in [0.15, 0.2) is 30.5 Å². The van der Waals surface area contributed by atoms with Gasteiger partial charge < -0.3 is 5.32 Å². The first-order valence-corrected chi connectivity index (χ1v) is 10.5. The Balaban J connectivity index is 1.93. The van der Waals surface area contributed by atoms with Gasteiger partial charge in [0.2, 0.25) is 16.0 Å². The highest BCUT2D eigenvalue weighted by atomic mass is 32.2. The molecular weight excluding hydrogens is 419 g/mol. The smallest absolute Gasteiger partial charge is 0.239 e. The fraction of sp³-hybridized carbons (Fsp3) is 0.263. The van der Waals surface area contributed by atoms with Crippen molar-refractivity contribution in [1.82, 2.24) is 19.4 Å². The molecule has 0 saturated carbocycles. The zero-order valence-electron chi connectivity index (χ0n) is 16.3. The quantitative estimate of drug-likeness (QED) is 0.603. The highest BCUT2D eigenvalue weighted by molar-refractivity contribution is 7.89. The number of aromatic nitrogens is 2. The lowest BCUT2D eigenvalue weighted by Gasteiger charge is -2.40. The summed E-state index contributed by atoms with van der Waals surface area (Å²) in [6.07, 6.45) is 1.52. The highest BCUT2D eigenvalue weighted by Crippen LogP contribution is 2.37. The summed E-state index contributed by atoms with van der Waals surface area (Å²) in [4.78, 5) is 0. The lowest BCUT2D eigenvalue weighted by Crippen LogP contribution is -2.61. The molecule has 0 aliphatic carbocycles. The Morgan fingerprint density at radius 1 is 1.17 bits per heavy atom. The van der Waals surface area contributed by atoms with Crippen molar-refractivity contribution in [2.75, 3.05) is 12.8 Å². The van der Waals surface area contributed by atoms with Gasteiger partial charge in [-0.3, -0.25) is 10.1 Å². The molecule has 1 aliphatic heterocycles. The van der Waals surface area contributed by atoms with Crippen molar-refractivity contribution in [3.8, 4) is 11.1 Å². The first-order chi connectivity index (χ1) is 13.9. The average Bonchev–Trinajstić information content (AvgIpc) is 3.03. The Morgan fingerprint density at radius 3 is 2.53 bits per heavy atom. The molecule has 0 unspecified atom stereocenters. The number of nitrogens with zero attached hydrogens (tertiary/aromatic N) is 3. The zero-order chi connectivity index (χ0) is 22.0. The van der Waals surface area contributed by atoms with Crippen LogP contribution in [0.5, 0.6) is 0 Å². The summed E-state index contributed by atoms with van der Waals surface area (Å²) in [6.45, 7) is 1.33. The molecule has 11 heteroatoms. The van der Waals surface area contributed by atoms with Gasteiger partial charge in [-0.15, -0.1) is 0 Å². The van der Waals surface area contributed by atoms with E-state index in [0.29, 0.717) is 15.8 Å². The summed E-state index contributed by atoms with van der Waals surface area (Å²) < 4.78 is 71.9. The second-order valence-electron chi connectivity index (χ2n) is 7.48. The van der Waals surface area contributed by atoms with Gasteiger partial charge in [0.1, 0.15) is 5.82 Å². The van der Waals surface area contributed by atoms with E-state index in [2.05, 4.69) is 10.4 Å². The van der Waals surface area contributed by atoms with Crippen LogP contribution in [-0.4, -0.2) is 41.3 Å². The van der Waals surface area contributed by atoms with Gasteiger partial charge in [0.15, 0.2) is 11.6 Å². The van der Waals surface area contributed by atoms with Crippen molar-refractivity contribution in [2.45, 2.75) is 12.5 Å². The Labute approximate surface area is 170 Å². The van der Waals surface area contributed by atoms with Gasteiger partial charge in [0.05, 0.1) is 28.6 Å². The normalized spacial score (nSPS) is 21.1. The Morgan fingerprint density at radius 2 is 1.87 bits per heavy atom. The molecule has 2 aromatic carbocycles. The number of rotatable bonds is 2. The lowest BCUT2D eigenvalue weighted by atomic mass is 9.89. The molecule has 158 valence electrons. The van der Waals surface area contributed by atoms with E-state index in [1.54, 1.807) is 17.8 Å². The summed E-state index contributed by atoms with van der Waals surface area (Å²) in [7, 11) is -1.06. The molecule has 1 aromatic heterocycles. The maximum Gasteiger partial charge on any atom is 0.239 e. The summed E-state index contributed by atoms with van der Waals surface area (Å²) in [5.74, 6) is -4.93. The number of nitrogens with one attached hydrogen (secondary N) is 2. The fourth-order valence-electron chi connectivity index (χ4n) is 3.70. The van der Waals surface area contributed by atoms with Crippen molar-refractivity contribution < 1.29 is 21.6 Å². The maximum atomic E-state index is 15.6. The minimum atomic E-state index is -3.96. The lowest BCUT2D eigenvalue weighted by molar-refractivity contribution is 0.396. The number of hydrogen-bond acceptors (Lipinski definition) is 4. The predicted molar refractivity (Wildman–Crippen MR) is 106 cm³/mol. The number of guanidine groups is 1. The van der Waals surface area contributed by atoms with Gasteiger partial charge >= 0.3 is 0 Å². The minimum Gasteiger partial charge on any atom is -0.345 e. The minimum absolute atomic E-state index is 0.0840. The van der Waals surface area contributed by atoms with Gasteiger partial charge in [-0.05, 0) is 30.7 Å². The summed E-state index contributed by atoms with van der Waals surface area (Å²) in [5, 5.41) is 15.2. The van der Waals surface area contributed by atoms with Gasteiger partial charge in [0.25, 0.3) is 0 Å². The van der Waals surface area contributed by atoms with E-state index in [1.807, 2.05) is 0 Å². The standard InChI is InChI=1S/C19H18F3N5O2S/c1-19(9-30(28,29)27(3)18(23)25-19)12-7-13(20)17(22)15(16(12)21)10-4-5-14-11(6-10)8-24-26(14)2/h4-8H,9H2,1-3H3,(H2,23,25)/t19-/m0/s1. The highest BCUT2D eigenvalue weighted by Gasteiger charge is 2.44. The molecule has 1 atom stereocenters. The van der Waals surface area contributed by atoms with Crippen LogP contribution in [0.1, 0.15) is 12.5 Å².